The zero-order valence-corrected chi connectivity index (χ0v) is 25.3. The number of para-hydroxylation sites is 1. The Balaban J connectivity index is 1.29. The summed E-state index contributed by atoms with van der Waals surface area (Å²) < 4.78 is 0. The second-order valence-electron chi connectivity index (χ2n) is 13.0. The normalized spacial score (nSPS) is 28.3. The number of phenolic OH excluding ortho intramolecular Hbond substituents is 1. The molecule has 1 saturated carbocycles. The lowest BCUT2D eigenvalue weighted by Gasteiger charge is -2.49. The van der Waals surface area contributed by atoms with Crippen LogP contribution in [0, 0.1) is 39.2 Å². The molecule has 2 aliphatic heterocycles. The van der Waals surface area contributed by atoms with Crippen molar-refractivity contribution in [3.8, 4) is 5.75 Å². The molecule has 234 valence electrons. The van der Waals surface area contributed by atoms with E-state index in [1.54, 1.807) is 42.5 Å². The van der Waals surface area contributed by atoms with E-state index in [9.17, 15) is 34.4 Å². The fourth-order valence-corrected chi connectivity index (χ4v) is 8.72. The van der Waals surface area contributed by atoms with Crippen LogP contribution in [0.3, 0.4) is 0 Å². The fourth-order valence-electron chi connectivity index (χ4n) is 8.72. The number of non-ortho nitro benzene ring substituents is 1. The minimum Gasteiger partial charge on any atom is -0.507 e. The molecule has 3 fully saturated rings. The highest BCUT2D eigenvalue weighted by Crippen LogP contribution is 2.64. The van der Waals surface area contributed by atoms with E-state index in [0.29, 0.717) is 11.1 Å². The van der Waals surface area contributed by atoms with E-state index in [1.807, 2.05) is 37.3 Å². The van der Waals surface area contributed by atoms with Crippen LogP contribution in [0.1, 0.15) is 31.2 Å². The summed E-state index contributed by atoms with van der Waals surface area (Å²) in [4.78, 5) is 70.2. The van der Waals surface area contributed by atoms with E-state index < -0.39 is 45.8 Å². The third kappa shape index (κ3) is 3.90. The Kier molecular flexibility index (Phi) is 6.24. The number of phenols is 1. The maximum Gasteiger partial charge on any atom is 0.269 e. The van der Waals surface area contributed by atoms with Gasteiger partial charge in [0.1, 0.15) is 5.75 Å². The van der Waals surface area contributed by atoms with Crippen LogP contribution in [0.15, 0.2) is 103 Å². The van der Waals surface area contributed by atoms with Gasteiger partial charge in [0.05, 0.1) is 39.5 Å². The second kappa shape index (κ2) is 10.2. The van der Waals surface area contributed by atoms with Gasteiger partial charge in [-0.15, -0.1) is 0 Å². The summed E-state index contributed by atoms with van der Waals surface area (Å²) in [6, 6.07) is 24.9. The lowest BCUT2D eigenvalue weighted by Crippen LogP contribution is -2.49. The van der Waals surface area contributed by atoms with Crippen LogP contribution < -0.4 is 9.80 Å². The Morgan fingerprint density at radius 3 is 2.13 bits per heavy atom. The summed E-state index contributed by atoms with van der Waals surface area (Å²) in [6.07, 6.45) is 2.45. The van der Waals surface area contributed by atoms with E-state index in [1.165, 1.54) is 29.2 Å². The van der Waals surface area contributed by atoms with Crippen molar-refractivity contribution in [3.63, 3.8) is 0 Å². The molecule has 0 bridgehead atoms. The van der Waals surface area contributed by atoms with Crippen molar-refractivity contribution in [1.29, 1.82) is 0 Å². The molecule has 2 heterocycles. The first-order valence-electron chi connectivity index (χ1n) is 15.6. The number of amides is 4. The van der Waals surface area contributed by atoms with E-state index in [4.69, 9.17) is 0 Å². The zero-order valence-electron chi connectivity index (χ0n) is 25.3. The number of carbonyl (C=O) groups excluding carboxylic acids is 4. The summed E-state index contributed by atoms with van der Waals surface area (Å²) in [6.45, 7) is 1.83. The number of imide groups is 2. The van der Waals surface area contributed by atoms with Gasteiger partial charge in [-0.1, -0.05) is 60.2 Å². The van der Waals surface area contributed by atoms with Gasteiger partial charge in [0.25, 0.3) is 5.69 Å². The number of rotatable bonds is 4. The molecule has 10 nitrogen and oxygen atoms in total. The third-order valence-corrected chi connectivity index (χ3v) is 10.9. The first-order valence-corrected chi connectivity index (χ1v) is 15.6. The van der Waals surface area contributed by atoms with Crippen molar-refractivity contribution in [3.05, 3.63) is 118 Å². The van der Waals surface area contributed by atoms with Gasteiger partial charge < -0.3 is 5.11 Å². The molecule has 10 heteroatoms. The Morgan fingerprint density at radius 2 is 1.43 bits per heavy atom. The largest absolute Gasteiger partial charge is 0.507 e. The molecule has 4 amide bonds. The molecule has 6 atom stereocenters. The Hall–Kier alpha value is -5.64. The minimum absolute atomic E-state index is 0.0890. The number of aromatic hydroxyl groups is 1. The monoisotopic (exact) mass is 627 g/mol. The molecule has 4 aromatic carbocycles. The van der Waals surface area contributed by atoms with Gasteiger partial charge in [-0.3, -0.25) is 34.2 Å². The van der Waals surface area contributed by atoms with E-state index in [2.05, 4.69) is 0 Å². The van der Waals surface area contributed by atoms with Gasteiger partial charge in [-0.05, 0) is 67.0 Å². The third-order valence-electron chi connectivity index (χ3n) is 10.9. The molecule has 4 aromatic rings. The molecule has 2 aliphatic carbocycles. The number of fused-ring (bicyclic) bond motifs is 5. The van der Waals surface area contributed by atoms with Gasteiger partial charge >= 0.3 is 0 Å². The average Bonchev–Trinajstić information content (AvgIpc) is 3.45. The summed E-state index contributed by atoms with van der Waals surface area (Å²) in [7, 11) is 0. The Labute approximate surface area is 269 Å². The summed E-state index contributed by atoms with van der Waals surface area (Å²) in [5.74, 6) is -4.77. The molecular weight excluding hydrogens is 598 g/mol. The molecule has 0 aromatic heterocycles. The molecule has 0 spiro atoms. The lowest BCUT2D eigenvalue weighted by atomic mass is 9.51. The van der Waals surface area contributed by atoms with Crippen molar-refractivity contribution in [2.75, 3.05) is 9.80 Å². The van der Waals surface area contributed by atoms with Gasteiger partial charge in [-0.25, -0.2) is 4.90 Å². The van der Waals surface area contributed by atoms with Crippen LogP contribution in [0.2, 0.25) is 0 Å². The van der Waals surface area contributed by atoms with Crippen molar-refractivity contribution in [1.82, 2.24) is 0 Å². The molecular formula is C37H29N3O7. The molecule has 6 unspecified atom stereocenters. The van der Waals surface area contributed by atoms with Gasteiger partial charge in [0.2, 0.25) is 23.6 Å². The number of hydrogen-bond donors (Lipinski definition) is 1. The SMILES string of the molecule is CC12C(=O)N(c3ccccc3)C(=O)C1CC1C(=CCC3C(=O)N(c4ccc([N+](=O)[O-])cc4)C(=O)C31)C2c1ccc(O)c2ccccc12. The van der Waals surface area contributed by atoms with Crippen LogP contribution in [-0.4, -0.2) is 33.7 Å². The minimum atomic E-state index is -1.22. The van der Waals surface area contributed by atoms with Crippen LogP contribution in [0.5, 0.6) is 5.75 Å². The summed E-state index contributed by atoms with van der Waals surface area (Å²) >= 11 is 0. The number of nitrogens with zero attached hydrogens (tertiary/aromatic N) is 3. The standard InChI is InChI=1S/C37H29N3O7/c1-37-29(34(43)39(36(37)45)20-7-3-2-4-8-20)19-28-26(32(37)25-17-18-30(41)24-10-6-5-9-23(24)25)15-16-27-31(28)35(44)38(33(27)42)21-11-13-22(14-12-21)40(46)47/h2-15,17-18,27-29,31-32,41H,16,19H2,1H3. The topological polar surface area (TPSA) is 138 Å². The number of benzene rings is 4. The van der Waals surface area contributed by atoms with Crippen molar-refractivity contribution >= 4 is 51.5 Å². The zero-order chi connectivity index (χ0) is 32.8. The molecule has 8 rings (SSSR count). The van der Waals surface area contributed by atoms with Crippen LogP contribution in [-0.2, 0) is 19.2 Å². The number of anilines is 2. The number of hydrogen-bond acceptors (Lipinski definition) is 7. The molecule has 47 heavy (non-hydrogen) atoms. The maximum atomic E-state index is 14.6. The summed E-state index contributed by atoms with van der Waals surface area (Å²) in [5.41, 5.74) is 0.955. The summed E-state index contributed by atoms with van der Waals surface area (Å²) in [5, 5.41) is 23.3. The second-order valence-corrected chi connectivity index (χ2v) is 13.0. The Morgan fingerprint density at radius 1 is 0.766 bits per heavy atom. The van der Waals surface area contributed by atoms with E-state index in [0.717, 1.165) is 21.4 Å². The number of nitro groups is 1. The van der Waals surface area contributed by atoms with Gasteiger partial charge in [0, 0.05) is 23.4 Å². The van der Waals surface area contributed by atoms with E-state index in [-0.39, 0.29) is 47.7 Å². The molecule has 1 N–H and O–H groups in total. The lowest BCUT2D eigenvalue weighted by molar-refractivity contribution is -0.384. The highest BCUT2D eigenvalue weighted by atomic mass is 16.6. The van der Waals surface area contributed by atoms with Gasteiger partial charge in [0.15, 0.2) is 0 Å². The predicted molar refractivity (Wildman–Crippen MR) is 172 cm³/mol. The van der Waals surface area contributed by atoms with Crippen molar-refractivity contribution < 1.29 is 29.2 Å². The van der Waals surface area contributed by atoms with Crippen LogP contribution >= 0.6 is 0 Å². The molecule has 0 radical (unpaired) electrons. The number of allylic oxidation sites excluding steroid dienone is 2. The maximum absolute atomic E-state index is 14.6. The average molecular weight is 628 g/mol. The highest BCUT2D eigenvalue weighted by molar-refractivity contribution is 6.25. The van der Waals surface area contributed by atoms with Crippen molar-refractivity contribution in [2.45, 2.75) is 25.7 Å². The smallest absolute Gasteiger partial charge is 0.269 e. The first kappa shape index (κ1) is 28.8. The van der Waals surface area contributed by atoms with E-state index >= 15 is 0 Å². The van der Waals surface area contributed by atoms with Crippen LogP contribution in [0.4, 0.5) is 17.1 Å². The highest BCUT2D eigenvalue weighted by Gasteiger charge is 2.67. The van der Waals surface area contributed by atoms with Crippen molar-refractivity contribution in [2.24, 2.45) is 29.1 Å². The quantitative estimate of drug-likeness (QED) is 0.129. The predicted octanol–water partition coefficient (Wildman–Crippen LogP) is 5.89. The number of nitro benzene ring substituents is 1. The van der Waals surface area contributed by atoms with Crippen LogP contribution in [0.25, 0.3) is 10.8 Å². The Bertz CT molecular complexity index is 2070. The molecule has 4 aliphatic rings. The van der Waals surface area contributed by atoms with Gasteiger partial charge in [-0.2, -0.15) is 0 Å². The number of carbonyl (C=O) groups is 4. The first-order chi connectivity index (χ1) is 22.6. The fraction of sp³-hybridized carbons (Fsp3) is 0.243. The molecule has 2 saturated heterocycles.